The summed E-state index contributed by atoms with van der Waals surface area (Å²) in [6.07, 6.45) is 12.7. The molecular formula is C28H27N5OS. The number of hydrogen-bond donors (Lipinski definition) is 1. The summed E-state index contributed by atoms with van der Waals surface area (Å²) in [5.74, 6) is 0.914. The quantitative estimate of drug-likeness (QED) is 0.353. The van der Waals surface area contributed by atoms with Crippen LogP contribution in [0.2, 0.25) is 0 Å². The summed E-state index contributed by atoms with van der Waals surface area (Å²) in [5, 5.41) is 4.23. The molecule has 6 rings (SSSR count). The van der Waals surface area contributed by atoms with Gasteiger partial charge in [0.05, 0.1) is 17.8 Å². The van der Waals surface area contributed by atoms with Gasteiger partial charge in [0.25, 0.3) is 0 Å². The molecule has 35 heavy (non-hydrogen) atoms. The Hall–Kier alpha value is -3.71. The van der Waals surface area contributed by atoms with E-state index in [4.69, 9.17) is 17.0 Å². The molecule has 3 aromatic heterocycles. The number of nitrogens with zero attached hydrogens (tertiary/aromatic N) is 4. The Morgan fingerprint density at radius 3 is 2.40 bits per heavy atom. The summed E-state index contributed by atoms with van der Waals surface area (Å²) in [7, 11) is 0. The number of aromatic nitrogens is 3. The molecule has 6 nitrogen and oxygen atoms in total. The van der Waals surface area contributed by atoms with Gasteiger partial charge < -0.3 is 19.5 Å². The molecule has 4 heterocycles. The van der Waals surface area contributed by atoms with Crippen LogP contribution in [0, 0.1) is 0 Å². The Bertz CT molecular complexity index is 1290. The molecule has 0 radical (unpaired) electrons. The van der Waals surface area contributed by atoms with E-state index in [0.29, 0.717) is 11.2 Å². The molecule has 176 valence electrons. The summed E-state index contributed by atoms with van der Waals surface area (Å²) < 4.78 is 8.40. The second-order valence-electron chi connectivity index (χ2n) is 9.02. The molecule has 4 aromatic rings. The standard InChI is InChI=1S/C28H27N5OS/c35-28-31-26(24-8-3-4-16-30-24)27(25-9-5-19-32(25)20-14-17-29-18-15-20)33(28)21-10-12-23(13-11-21)34-22-6-1-2-7-22/h3-5,8-19,22,26-27H,1-2,6-7H2,(H,31,35)/t26-,27-/m1/s1. The summed E-state index contributed by atoms with van der Waals surface area (Å²) in [6.45, 7) is 0. The van der Waals surface area contributed by atoms with Crippen LogP contribution in [0.15, 0.2) is 91.5 Å². The number of rotatable bonds is 6. The van der Waals surface area contributed by atoms with Gasteiger partial charge >= 0.3 is 0 Å². The van der Waals surface area contributed by atoms with Crippen LogP contribution in [0.3, 0.4) is 0 Å². The SMILES string of the molecule is S=C1N[C@H](c2ccccn2)[C@@H](c2cccn2-c2ccncc2)N1c1ccc(OC2CCCC2)cc1. The Balaban J connectivity index is 1.39. The van der Waals surface area contributed by atoms with Crippen LogP contribution in [0.1, 0.15) is 49.2 Å². The first-order valence-corrected chi connectivity index (χ1v) is 12.5. The summed E-state index contributed by atoms with van der Waals surface area (Å²) in [5.41, 5.74) is 4.14. The van der Waals surface area contributed by atoms with E-state index in [1.54, 1.807) is 0 Å². The highest BCUT2D eigenvalue weighted by Crippen LogP contribution is 2.42. The number of thiocarbonyl (C=S) groups is 1. The molecule has 2 atom stereocenters. The number of hydrogen-bond acceptors (Lipinski definition) is 4. The lowest BCUT2D eigenvalue weighted by molar-refractivity contribution is 0.210. The average Bonchev–Trinajstić information content (AvgIpc) is 3.66. The molecule has 2 aliphatic rings. The second kappa shape index (κ2) is 9.50. The first-order valence-electron chi connectivity index (χ1n) is 12.1. The van der Waals surface area contributed by atoms with Gasteiger partial charge in [-0.05, 0) is 98.6 Å². The fraction of sp³-hybridized carbons (Fsp3) is 0.250. The zero-order valence-corrected chi connectivity index (χ0v) is 20.1. The highest BCUT2D eigenvalue weighted by atomic mass is 32.1. The monoisotopic (exact) mass is 481 g/mol. The van der Waals surface area contributed by atoms with E-state index < -0.39 is 0 Å². The van der Waals surface area contributed by atoms with Crippen LogP contribution in [0.25, 0.3) is 5.69 Å². The van der Waals surface area contributed by atoms with Crippen molar-refractivity contribution in [3.63, 3.8) is 0 Å². The fourth-order valence-electron chi connectivity index (χ4n) is 5.19. The van der Waals surface area contributed by atoms with Crippen LogP contribution < -0.4 is 15.0 Å². The fourth-order valence-corrected chi connectivity index (χ4v) is 5.54. The Kier molecular flexibility index (Phi) is 5.92. The third kappa shape index (κ3) is 4.28. The number of benzene rings is 1. The number of nitrogens with one attached hydrogen (secondary N) is 1. The van der Waals surface area contributed by atoms with Gasteiger partial charge in [0.15, 0.2) is 5.11 Å². The third-order valence-electron chi connectivity index (χ3n) is 6.84. The molecule has 1 saturated carbocycles. The minimum absolute atomic E-state index is 0.0952. The second-order valence-corrected chi connectivity index (χ2v) is 9.41. The van der Waals surface area contributed by atoms with Crippen LogP contribution in [0.4, 0.5) is 5.69 Å². The number of pyridine rings is 2. The van der Waals surface area contributed by atoms with Crippen molar-refractivity contribution < 1.29 is 4.74 Å². The van der Waals surface area contributed by atoms with Gasteiger partial charge in [-0.1, -0.05) is 6.07 Å². The third-order valence-corrected chi connectivity index (χ3v) is 7.16. The highest BCUT2D eigenvalue weighted by molar-refractivity contribution is 7.80. The predicted octanol–water partition coefficient (Wildman–Crippen LogP) is 5.77. The van der Waals surface area contributed by atoms with Crippen LogP contribution in [0.5, 0.6) is 5.75 Å². The van der Waals surface area contributed by atoms with Gasteiger partial charge in [-0.2, -0.15) is 0 Å². The average molecular weight is 482 g/mol. The lowest BCUT2D eigenvalue weighted by atomic mass is 10.0. The van der Waals surface area contributed by atoms with Crippen molar-refractivity contribution >= 4 is 23.0 Å². The molecule has 1 aromatic carbocycles. The van der Waals surface area contributed by atoms with Gasteiger partial charge in [-0.25, -0.2) is 0 Å². The van der Waals surface area contributed by atoms with Crippen molar-refractivity contribution in [2.45, 2.75) is 43.9 Å². The Labute approximate surface area is 210 Å². The molecule has 1 aliphatic carbocycles. The lowest BCUT2D eigenvalue weighted by Crippen LogP contribution is -2.30. The maximum absolute atomic E-state index is 6.20. The summed E-state index contributed by atoms with van der Waals surface area (Å²) in [6, 6.07) is 22.4. The largest absolute Gasteiger partial charge is 0.490 e. The zero-order chi connectivity index (χ0) is 23.6. The molecule has 0 spiro atoms. The first-order chi connectivity index (χ1) is 17.3. The zero-order valence-electron chi connectivity index (χ0n) is 19.3. The van der Waals surface area contributed by atoms with E-state index in [0.717, 1.165) is 41.4 Å². The van der Waals surface area contributed by atoms with E-state index in [-0.39, 0.29) is 12.1 Å². The summed E-state index contributed by atoms with van der Waals surface area (Å²) >= 11 is 5.90. The maximum atomic E-state index is 6.20. The highest BCUT2D eigenvalue weighted by Gasteiger charge is 2.42. The first kappa shape index (κ1) is 21.8. The van der Waals surface area contributed by atoms with Crippen molar-refractivity contribution in [2.75, 3.05) is 4.90 Å². The normalized spacial score (nSPS) is 20.2. The van der Waals surface area contributed by atoms with Gasteiger partial charge in [0.2, 0.25) is 0 Å². The molecule has 1 N–H and O–H groups in total. The van der Waals surface area contributed by atoms with Gasteiger partial charge in [0.1, 0.15) is 11.8 Å². The molecule has 0 bridgehead atoms. The molecular weight excluding hydrogens is 454 g/mol. The number of ether oxygens (including phenoxy) is 1. The van der Waals surface area contributed by atoms with Gasteiger partial charge in [-0.3, -0.25) is 9.97 Å². The minimum atomic E-state index is -0.103. The van der Waals surface area contributed by atoms with Crippen LogP contribution in [-0.4, -0.2) is 25.8 Å². The van der Waals surface area contributed by atoms with Crippen LogP contribution in [-0.2, 0) is 0 Å². The molecule has 1 saturated heterocycles. The van der Waals surface area contributed by atoms with Crippen molar-refractivity contribution in [1.82, 2.24) is 19.9 Å². The number of anilines is 1. The summed E-state index contributed by atoms with van der Waals surface area (Å²) in [4.78, 5) is 11.1. The van der Waals surface area contributed by atoms with Crippen molar-refractivity contribution in [3.8, 4) is 11.4 Å². The van der Waals surface area contributed by atoms with Crippen LogP contribution >= 0.6 is 12.2 Å². The smallest absolute Gasteiger partial charge is 0.174 e. The molecule has 2 fully saturated rings. The topological polar surface area (TPSA) is 55.2 Å². The van der Waals surface area contributed by atoms with E-state index in [9.17, 15) is 0 Å². The maximum Gasteiger partial charge on any atom is 0.174 e. The van der Waals surface area contributed by atoms with E-state index in [1.165, 1.54) is 12.8 Å². The van der Waals surface area contributed by atoms with E-state index in [2.05, 4.69) is 73.4 Å². The molecule has 1 aliphatic heterocycles. The van der Waals surface area contributed by atoms with Crippen molar-refractivity contribution in [2.24, 2.45) is 0 Å². The molecule has 0 amide bonds. The molecule has 0 unspecified atom stereocenters. The van der Waals surface area contributed by atoms with Gasteiger partial charge in [0, 0.05) is 41.9 Å². The van der Waals surface area contributed by atoms with E-state index in [1.807, 2.05) is 42.9 Å². The van der Waals surface area contributed by atoms with Crippen molar-refractivity contribution in [3.05, 3.63) is 103 Å². The van der Waals surface area contributed by atoms with Crippen molar-refractivity contribution in [1.29, 1.82) is 0 Å². The lowest BCUT2D eigenvalue weighted by Gasteiger charge is -2.29. The Morgan fingerprint density at radius 2 is 1.66 bits per heavy atom. The minimum Gasteiger partial charge on any atom is -0.490 e. The predicted molar refractivity (Wildman–Crippen MR) is 141 cm³/mol. The Morgan fingerprint density at radius 1 is 0.857 bits per heavy atom. The van der Waals surface area contributed by atoms with Gasteiger partial charge in [-0.15, -0.1) is 0 Å². The van der Waals surface area contributed by atoms with E-state index >= 15 is 0 Å². The molecule has 7 heteroatoms.